The number of nitro groups is 1. The van der Waals surface area contributed by atoms with Crippen LogP contribution in [-0.4, -0.2) is 23.9 Å². The standard InChI is InChI=1S/C4H5NO5/c6-2-1-4(7)10-3-5(8)9/h2H,1,3H2. The number of carbonyl (C=O) groups excluding carboxylic acids is 2. The Labute approximate surface area is 55.9 Å². The molecule has 0 rings (SSSR count). The Kier molecular flexibility index (Phi) is 3.78. The summed E-state index contributed by atoms with van der Waals surface area (Å²) in [6, 6.07) is 0. The van der Waals surface area contributed by atoms with Crippen molar-refractivity contribution < 1.29 is 19.2 Å². The summed E-state index contributed by atoms with van der Waals surface area (Å²) in [6.45, 7) is -0.882. The smallest absolute Gasteiger partial charge is 0.346 e. The molecule has 0 radical (unpaired) electrons. The lowest BCUT2D eigenvalue weighted by Gasteiger charge is -1.93. The molecular weight excluding hydrogens is 142 g/mol. The van der Waals surface area contributed by atoms with Crippen LogP contribution in [0.2, 0.25) is 0 Å². The van der Waals surface area contributed by atoms with Crippen molar-refractivity contribution in [3.05, 3.63) is 10.1 Å². The molecule has 0 saturated heterocycles. The fourth-order valence-corrected chi connectivity index (χ4v) is 0.252. The Balaban J connectivity index is 3.39. The van der Waals surface area contributed by atoms with Crippen LogP contribution in [0.4, 0.5) is 0 Å². The largest absolute Gasteiger partial charge is 0.400 e. The summed E-state index contributed by atoms with van der Waals surface area (Å²) >= 11 is 0. The maximum Gasteiger partial charge on any atom is 0.346 e. The van der Waals surface area contributed by atoms with Gasteiger partial charge >= 0.3 is 12.7 Å². The topological polar surface area (TPSA) is 86.5 Å². The maximum absolute atomic E-state index is 10.2. The van der Waals surface area contributed by atoms with Gasteiger partial charge in [0.1, 0.15) is 12.7 Å². The SMILES string of the molecule is O=CCC(=O)OC[N+](=O)[O-]. The Morgan fingerprint density at radius 1 is 1.70 bits per heavy atom. The van der Waals surface area contributed by atoms with Crippen molar-refractivity contribution in [2.75, 3.05) is 6.73 Å². The lowest BCUT2D eigenvalue weighted by Crippen LogP contribution is -2.11. The van der Waals surface area contributed by atoms with Gasteiger partial charge in [-0.25, -0.2) is 0 Å². The highest BCUT2D eigenvalue weighted by Crippen LogP contribution is 1.81. The van der Waals surface area contributed by atoms with Gasteiger partial charge in [-0.05, 0) is 0 Å². The molecule has 0 atom stereocenters. The number of hydrogen-bond donors (Lipinski definition) is 0. The zero-order chi connectivity index (χ0) is 7.98. The van der Waals surface area contributed by atoms with Crippen LogP contribution >= 0.6 is 0 Å². The number of esters is 1. The first-order valence-electron chi connectivity index (χ1n) is 2.38. The molecule has 0 unspecified atom stereocenters. The van der Waals surface area contributed by atoms with Gasteiger partial charge in [-0.3, -0.25) is 14.9 Å². The zero-order valence-electron chi connectivity index (χ0n) is 4.98. The predicted octanol–water partition coefficient (Wildman–Crippen LogP) is -0.647. The van der Waals surface area contributed by atoms with Crippen molar-refractivity contribution in [2.24, 2.45) is 0 Å². The molecule has 0 bridgehead atoms. The summed E-state index contributed by atoms with van der Waals surface area (Å²) in [4.78, 5) is 28.5. The molecule has 0 aliphatic heterocycles. The normalized spacial score (nSPS) is 8.40. The number of rotatable bonds is 4. The van der Waals surface area contributed by atoms with E-state index in [1.807, 2.05) is 0 Å². The summed E-state index contributed by atoms with van der Waals surface area (Å²) in [5.41, 5.74) is 0. The van der Waals surface area contributed by atoms with E-state index in [4.69, 9.17) is 0 Å². The van der Waals surface area contributed by atoms with Crippen molar-refractivity contribution in [2.45, 2.75) is 6.42 Å². The molecule has 0 aromatic heterocycles. The van der Waals surface area contributed by atoms with Gasteiger partial charge in [-0.1, -0.05) is 0 Å². The molecule has 56 valence electrons. The lowest BCUT2D eigenvalue weighted by molar-refractivity contribution is -0.519. The van der Waals surface area contributed by atoms with Gasteiger partial charge in [0, 0.05) is 0 Å². The molecule has 0 aliphatic rings. The molecular formula is C4H5NO5. The third kappa shape index (κ3) is 4.69. The van der Waals surface area contributed by atoms with E-state index >= 15 is 0 Å². The van der Waals surface area contributed by atoms with Crippen LogP contribution in [0.1, 0.15) is 6.42 Å². The van der Waals surface area contributed by atoms with Crippen LogP contribution in [0.25, 0.3) is 0 Å². The first kappa shape index (κ1) is 8.54. The quantitative estimate of drug-likeness (QED) is 0.132. The summed E-state index contributed by atoms with van der Waals surface area (Å²) in [7, 11) is 0. The second-order valence-electron chi connectivity index (χ2n) is 1.35. The van der Waals surface area contributed by atoms with Crippen LogP contribution in [0, 0.1) is 10.1 Å². The van der Waals surface area contributed by atoms with Crippen LogP contribution in [-0.2, 0) is 14.3 Å². The monoisotopic (exact) mass is 147 g/mol. The lowest BCUT2D eigenvalue weighted by atomic mass is 10.5. The van der Waals surface area contributed by atoms with E-state index in [1.54, 1.807) is 0 Å². The second-order valence-corrected chi connectivity index (χ2v) is 1.35. The third-order valence-corrected chi connectivity index (χ3v) is 0.581. The van der Waals surface area contributed by atoms with E-state index in [1.165, 1.54) is 0 Å². The molecule has 0 heterocycles. The predicted molar refractivity (Wildman–Crippen MR) is 28.6 cm³/mol. The van der Waals surface area contributed by atoms with E-state index in [-0.39, 0.29) is 0 Å². The summed E-state index contributed by atoms with van der Waals surface area (Å²) in [5.74, 6) is -0.883. The molecule has 0 fully saturated rings. The summed E-state index contributed by atoms with van der Waals surface area (Å²) in [6.07, 6.45) is -0.115. The minimum absolute atomic E-state index is 0.322. The Morgan fingerprint density at radius 2 is 2.30 bits per heavy atom. The molecule has 0 aliphatic carbocycles. The fraction of sp³-hybridized carbons (Fsp3) is 0.500. The molecule has 6 nitrogen and oxygen atoms in total. The average Bonchev–Trinajstić information content (AvgIpc) is 1.85. The maximum atomic E-state index is 10.2. The summed E-state index contributed by atoms with van der Waals surface area (Å²) < 4.78 is 3.97. The van der Waals surface area contributed by atoms with Gasteiger partial charge < -0.3 is 9.53 Å². The number of hydrogen-bond acceptors (Lipinski definition) is 5. The Bertz CT molecular complexity index is 154. The zero-order valence-corrected chi connectivity index (χ0v) is 4.98. The highest BCUT2D eigenvalue weighted by atomic mass is 16.7. The van der Waals surface area contributed by atoms with Crippen LogP contribution in [0.15, 0.2) is 0 Å². The third-order valence-electron chi connectivity index (χ3n) is 0.581. The van der Waals surface area contributed by atoms with Gasteiger partial charge in [0.15, 0.2) is 0 Å². The minimum Gasteiger partial charge on any atom is -0.400 e. The highest BCUT2D eigenvalue weighted by molar-refractivity contribution is 5.83. The van der Waals surface area contributed by atoms with Crippen LogP contribution < -0.4 is 0 Å². The molecule has 0 spiro atoms. The Morgan fingerprint density at radius 3 is 2.70 bits per heavy atom. The Hall–Kier alpha value is -1.46. The molecule has 0 amide bonds. The van der Waals surface area contributed by atoms with E-state index < -0.39 is 24.0 Å². The number of ether oxygens (including phenoxy) is 1. The summed E-state index contributed by atoms with van der Waals surface area (Å²) in [5, 5.41) is 9.55. The van der Waals surface area contributed by atoms with Gasteiger partial charge in [0.25, 0.3) is 0 Å². The number of aldehydes is 1. The molecule has 6 heteroatoms. The molecule has 0 aromatic rings. The number of carbonyl (C=O) groups is 2. The second kappa shape index (κ2) is 4.42. The van der Waals surface area contributed by atoms with Crippen molar-refractivity contribution in [3.63, 3.8) is 0 Å². The van der Waals surface area contributed by atoms with Gasteiger partial charge in [-0.2, -0.15) is 0 Å². The first-order valence-corrected chi connectivity index (χ1v) is 2.38. The van der Waals surface area contributed by atoms with Crippen molar-refractivity contribution in [1.29, 1.82) is 0 Å². The van der Waals surface area contributed by atoms with Crippen molar-refractivity contribution in [3.8, 4) is 0 Å². The fourth-order valence-electron chi connectivity index (χ4n) is 0.252. The van der Waals surface area contributed by atoms with Gasteiger partial charge in [-0.15, -0.1) is 0 Å². The molecule has 0 saturated carbocycles. The van der Waals surface area contributed by atoms with Crippen molar-refractivity contribution in [1.82, 2.24) is 0 Å². The van der Waals surface area contributed by atoms with Gasteiger partial charge in [0.2, 0.25) is 0 Å². The van der Waals surface area contributed by atoms with Gasteiger partial charge in [0.05, 0.1) is 4.92 Å². The minimum atomic E-state index is -0.883. The first-order chi connectivity index (χ1) is 4.66. The van der Waals surface area contributed by atoms with Crippen molar-refractivity contribution >= 4 is 12.3 Å². The highest BCUT2D eigenvalue weighted by Gasteiger charge is 2.03. The van der Waals surface area contributed by atoms with E-state index in [9.17, 15) is 19.7 Å². The van der Waals surface area contributed by atoms with Crippen LogP contribution in [0.5, 0.6) is 0 Å². The molecule has 0 N–H and O–H groups in total. The van der Waals surface area contributed by atoms with E-state index in [2.05, 4.69) is 4.74 Å². The molecule has 10 heavy (non-hydrogen) atoms. The van der Waals surface area contributed by atoms with Crippen LogP contribution in [0.3, 0.4) is 0 Å². The number of nitrogens with zero attached hydrogens (tertiary/aromatic N) is 1. The molecule has 0 aromatic carbocycles. The average molecular weight is 147 g/mol. The van der Waals surface area contributed by atoms with E-state index in [0.717, 1.165) is 0 Å². The van der Waals surface area contributed by atoms with E-state index in [0.29, 0.717) is 6.29 Å².